The van der Waals surface area contributed by atoms with Crippen LogP contribution >= 0.6 is 15.9 Å². The van der Waals surface area contributed by atoms with Crippen molar-refractivity contribution in [1.29, 1.82) is 0 Å². The summed E-state index contributed by atoms with van der Waals surface area (Å²) < 4.78 is 1.12. The minimum atomic E-state index is 0.864. The van der Waals surface area contributed by atoms with Crippen LogP contribution in [0, 0.1) is 6.92 Å². The maximum Gasteiger partial charge on any atom is 0.0400 e. The number of hydrogen-bond donors (Lipinski definition) is 1. The Balaban J connectivity index is 2.05. The second-order valence-corrected chi connectivity index (χ2v) is 4.71. The van der Waals surface area contributed by atoms with Gasteiger partial charge in [0.1, 0.15) is 0 Å². The third-order valence-corrected chi connectivity index (χ3v) is 3.01. The summed E-state index contributed by atoms with van der Waals surface area (Å²) >= 11 is 3.46. The molecule has 0 unspecified atom stereocenters. The van der Waals surface area contributed by atoms with Crippen molar-refractivity contribution in [2.24, 2.45) is 0 Å². The van der Waals surface area contributed by atoms with E-state index in [9.17, 15) is 0 Å². The van der Waals surface area contributed by atoms with Gasteiger partial charge < -0.3 is 5.32 Å². The molecule has 2 rings (SSSR count). The molecule has 0 heterocycles. The molecule has 0 spiro atoms. The van der Waals surface area contributed by atoms with Crippen molar-refractivity contribution in [3.8, 4) is 0 Å². The summed E-state index contributed by atoms with van der Waals surface area (Å²) in [6.07, 6.45) is 0. The summed E-state index contributed by atoms with van der Waals surface area (Å²) in [4.78, 5) is 0. The van der Waals surface area contributed by atoms with Crippen LogP contribution in [0.3, 0.4) is 0 Å². The van der Waals surface area contributed by atoms with Gasteiger partial charge in [-0.25, -0.2) is 0 Å². The highest BCUT2D eigenvalue weighted by Crippen LogP contribution is 2.20. The minimum Gasteiger partial charge on any atom is -0.381 e. The Morgan fingerprint density at radius 3 is 2.50 bits per heavy atom. The molecular formula is C14H14BrN. The Morgan fingerprint density at radius 1 is 1.06 bits per heavy atom. The largest absolute Gasteiger partial charge is 0.381 e. The van der Waals surface area contributed by atoms with Crippen LogP contribution in [0.1, 0.15) is 11.1 Å². The van der Waals surface area contributed by atoms with Gasteiger partial charge in [-0.1, -0.05) is 46.3 Å². The molecule has 0 bridgehead atoms. The third kappa shape index (κ3) is 2.86. The molecule has 0 saturated carbocycles. The number of rotatable bonds is 3. The smallest absolute Gasteiger partial charge is 0.0400 e. The molecule has 0 aliphatic carbocycles. The van der Waals surface area contributed by atoms with E-state index in [0.717, 1.165) is 11.0 Å². The minimum absolute atomic E-state index is 0.864. The van der Waals surface area contributed by atoms with Crippen molar-refractivity contribution in [3.05, 3.63) is 64.1 Å². The highest BCUT2D eigenvalue weighted by molar-refractivity contribution is 9.10. The topological polar surface area (TPSA) is 12.0 Å². The molecule has 0 aliphatic rings. The number of aryl methyl sites for hydroxylation is 1. The SMILES string of the molecule is Cc1cc(Br)ccc1NCc1ccccc1. The first-order valence-corrected chi connectivity index (χ1v) is 6.09. The lowest BCUT2D eigenvalue weighted by molar-refractivity contribution is 1.14. The van der Waals surface area contributed by atoms with E-state index in [0.29, 0.717) is 0 Å². The fraction of sp³-hybridized carbons (Fsp3) is 0.143. The van der Waals surface area contributed by atoms with Crippen LogP contribution in [0.4, 0.5) is 5.69 Å². The van der Waals surface area contributed by atoms with Crippen LogP contribution in [0.25, 0.3) is 0 Å². The van der Waals surface area contributed by atoms with E-state index in [1.165, 1.54) is 16.8 Å². The Kier molecular flexibility index (Phi) is 3.62. The molecule has 0 fully saturated rings. The van der Waals surface area contributed by atoms with E-state index in [1.807, 2.05) is 6.07 Å². The molecule has 0 atom stereocenters. The number of benzene rings is 2. The lowest BCUT2D eigenvalue weighted by Gasteiger charge is -2.09. The van der Waals surface area contributed by atoms with Gasteiger partial charge >= 0.3 is 0 Å². The van der Waals surface area contributed by atoms with E-state index >= 15 is 0 Å². The molecule has 0 aromatic heterocycles. The average molecular weight is 276 g/mol. The molecule has 1 N–H and O–H groups in total. The maximum atomic E-state index is 3.46. The fourth-order valence-corrected chi connectivity index (χ4v) is 2.09. The first-order chi connectivity index (χ1) is 7.75. The number of anilines is 1. The lowest BCUT2D eigenvalue weighted by atomic mass is 10.2. The van der Waals surface area contributed by atoms with Crippen molar-refractivity contribution in [2.75, 3.05) is 5.32 Å². The first kappa shape index (κ1) is 11.2. The van der Waals surface area contributed by atoms with Gasteiger partial charge in [0.25, 0.3) is 0 Å². The molecule has 0 radical (unpaired) electrons. The summed E-state index contributed by atoms with van der Waals surface area (Å²) in [7, 11) is 0. The monoisotopic (exact) mass is 275 g/mol. The van der Waals surface area contributed by atoms with Crippen molar-refractivity contribution < 1.29 is 0 Å². The zero-order valence-electron chi connectivity index (χ0n) is 9.20. The second kappa shape index (κ2) is 5.17. The summed E-state index contributed by atoms with van der Waals surface area (Å²) in [6, 6.07) is 16.7. The Bertz CT molecular complexity index is 465. The standard InChI is InChI=1S/C14H14BrN/c1-11-9-13(15)7-8-14(11)16-10-12-5-3-2-4-6-12/h2-9,16H,10H2,1H3. The number of halogens is 1. The molecule has 2 heteroatoms. The van der Waals surface area contributed by atoms with Gasteiger partial charge in [-0.3, -0.25) is 0 Å². The molecule has 2 aromatic carbocycles. The molecule has 16 heavy (non-hydrogen) atoms. The zero-order valence-corrected chi connectivity index (χ0v) is 10.8. The van der Waals surface area contributed by atoms with Crippen LogP contribution in [-0.2, 0) is 6.54 Å². The predicted octanol–water partition coefficient (Wildman–Crippen LogP) is 4.37. The van der Waals surface area contributed by atoms with E-state index in [2.05, 4.69) is 70.6 Å². The predicted molar refractivity (Wildman–Crippen MR) is 72.6 cm³/mol. The molecule has 0 aliphatic heterocycles. The average Bonchev–Trinajstić information content (AvgIpc) is 2.29. The van der Waals surface area contributed by atoms with Gasteiger partial charge in [-0.2, -0.15) is 0 Å². The molecule has 82 valence electrons. The Labute approximate surface area is 105 Å². The lowest BCUT2D eigenvalue weighted by Crippen LogP contribution is -2.00. The molecular weight excluding hydrogens is 262 g/mol. The second-order valence-electron chi connectivity index (χ2n) is 3.80. The molecule has 2 aromatic rings. The first-order valence-electron chi connectivity index (χ1n) is 5.29. The van der Waals surface area contributed by atoms with Gasteiger partial charge in [0.2, 0.25) is 0 Å². The third-order valence-electron chi connectivity index (χ3n) is 2.51. The summed E-state index contributed by atoms with van der Waals surface area (Å²) in [6.45, 7) is 2.97. The quantitative estimate of drug-likeness (QED) is 0.877. The van der Waals surface area contributed by atoms with E-state index < -0.39 is 0 Å². The highest BCUT2D eigenvalue weighted by Gasteiger charge is 1.98. The summed E-state index contributed by atoms with van der Waals surface area (Å²) in [5.41, 5.74) is 3.74. The highest BCUT2D eigenvalue weighted by atomic mass is 79.9. The van der Waals surface area contributed by atoms with E-state index in [1.54, 1.807) is 0 Å². The number of nitrogens with one attached hydrogen (secondary N) is 1. The van der Waals surface area contributed by atoms with Crippen molar-refractivity contribution in [3.63, 3.8) is 0 Å². The van der Waals surface area contributed by atoms with Crippen LogP contribution in [0.2, 0.25) is 0 Å². The van der Waals surface area contributed by atoms with Gasteiger partial charge in [0.15, 0.2) is 0 Å². The van der Waals surface area contributed by atoms with Crippen LogP contribution in [-0.4, -0.2) is 0 Å². The normalized spacial score (nSPS) is 10.1. The fourth-order valence-electron chi connectivity index (χ4n) is 1.62. The van der Waals surface area contributed by atoms with Crippen LogP contribution in [0.5, 0.6) is 0 Å². The van der Waals surface area contributed by atoms with Crippen molar-refractivity contribution in [1.82, 2.24) is 0 Å². The van der Waals surface area contributed by atoms with E-state index in [4.69, 9.17) is 0 Å². The van der Waals surface area contributed by atoms with Gasteiger partial charge in [0.05, 0.1) is 0 Å². The van der Waals surface area contributed by atoms with Gasteiger partial charge in [0, 0.05) is 16.7 Å². The molecule has 0 saturated heterocycles. The zero-order chi connectivity index (χ0) is 11.4. The Hall–Kier alpha value is -1.28. The number of hydrogen-bond acceptors (Lipinski definition) is 1. The van der Waals surface area contributed by atoms with Crippen LogP contribution < -0.4 is 5.32 Å². The van der Waals surface area contributed by atoms with Crippen LogP contribution in [0.15, 0.2) is 53.0 Å². The van der Waals surface area contributed by atoms with Crippen molar-refractivity contribution in [2.45, 2.75) is 13.5 Å². The maximum absolute atomic E-state index is 3.46. The Morgan fingerprint density at radius 2 is 1.81 bits per heavy atom. The summed E-state index contributed by atoms with van der Waals surface area (Å²) in [5, 5.41) is 3.44. The van der Waals surface area contributed by atoms with Gasteiger partial charge in [-0.15, -0.1) is 0 Å². The van der Waals surface area contributed by atoms with Gasteiger partial charge in [-0.05, 0) is 36.2 Å². The molecule has 0 amide bonds. The summed E-state index contributed by atoms with van der Waals surface area (Å²) in [5.74, 6) is 0. The molecule has 1 nitrogen and oxygen atoms in total. The van der Waals surface area contributed by atoms with Crippen molar-refractivity contribution >= 4 is 21.6 Å². The van der Waals surface area contributed by atoms with E-state index in [-0.39, 0.29) is 0 Å².